The van der Waals surface area contributed by atoms with Crippen LogP contribution < -0.4 is 4.90 Å². The molecule has 2 aromatic heterocycles. The second-order valence-electron chi connectivity index (χ2n) is 5.49. The maximum Gasteiger partial charge on any atom is 0.274 e. The quantitative estimate of drug-likeness (QED) is 0.608. The molecular formula is C19H15N3O. The first kappa shape index (κ1) is 13.5. The Kier molecular flexibility index (Phi) is 3.08. The summed E-state index contributed by atoms with van der Waals surface area (Å²) in [6, 6.07) is 19.4. The van der Waals surface area contributed by atoms with E-state index < -0.39 is 0 Å². The molecule has 0 spiro atoms. The van der Waals surface area contributed by atoms with Crippen molar-refractivity contribution >= 4 is 33.4 Å². The van der Waals surface area contributed by atoms with Crippen LogP contribution in [0.1, 0.15) is 10.5 Å². The Morgan fingerprint density at radius 3 is 2.61 bits per heavy atom. The highest BCUT2D eigenvalue weighted by Gasteiger charge is 2.16. The number of H-pyrrole nitrogens is 1. The average molecular weight is 301 g/mol. The van der Waals surface area contributed by atoms with Gasteiger partial charge in [-0.25, -0.2) is 0 Å². The molecule has 4 rings (SSSR count). The van der Waals surface area contributed by atoms with E-state index in [0.717, 1.165) is 27.5 Å². The molecule has 0 fully saturated rings. The third kappa shape index (κ3) is 2.25. The van der Waals surface area contributed by atoms with Crippen LogP contribution in [0.4, 0.5) is 5.69 Å². The molecule has 1 N–H and O–H groups in total. The summed E-state index contributed by atoms with van der Waals surface area (Å²) in [6.07, 6.45) is 1.76. The van der Waals surface area contributed by atoms with E-state index in [0.29, 0.717) is 5.69 Å². The molecule has 4 nitrogen and oxygen atoms in total. The lowest BCUT2D eigenvalue weighted by Crippen LogP contribution is -2.26. The minimum atomic E-state index is -0.0727. The van der Waals surface area contributed by atoms with Crippen LogP contribution in [-0.4, -0.2) is 22.9 Å². The number of benzene rings is 2. The summed E-state index contributed by atoms with van der Waals surface area (Å²) in [7, 11) is 1.78. The minimum Gasteiger partial charge on any atom is -0.349 e. The molecule has 2 heterocycles. The number of rotatable bonds is 2. The molecule has 1 amide bonds. The normalized spacial score (nSPS) is 11.0. The minimum absolute atomic E-state index is 0.0727. The van der Waals surface area contributed by atoms with Crippen molar-refractivity contribution in [3.05, 3.63) is 72.6 Å². The Labute approximate surface area is 133 Å². The van der Waals surface area contributed by atoms with Gasteiger partial charge in [-0.1, -0.05) is 36.4 Å². The summed E-state index contributed by atoms with van der Waals surface area (Å²) < 4.78 is 0. The van der Waals surface area contributed by atoms with Crippen molar-refractivity contribution in [3.8, 4) is 0 Å². The Hall–Kier alpha value is -3.14. The molecule has 0 saturated carbocycles. The number of hydrogen-bond acceptors (Lipinski definition) is 2. The average Bonchev–Trinajstić information content (AvgIpc) is 3.06. The lowest BCUT2D eigenvalue weighted by molar-refractivity contribution is 0.0989. The largest absolute Gasteiger partial charge is 0.349 e. The van der Waals surface area contributed by atoms with Crippen LogP contribution in [0.25, 0.3) is 21.8 Å². The summed E-state index contributed by atoms with van der Waals surface area (Å²) >= 11 is 0. The maximum atomic E-state index is 12.7. The summed E-state index contributed by atoms with van der Waals surface area (Å²) in [4.78, 5) is 22.0. The van der Waals surface area contributed by atoms with Crippen LogP contribution in [-0.2, 0) is 0 Å². The van der Waals surface area contributed by atoms with Gasteiger partial charge >= 0.3 is 0 Å². The van der Waals surface area contributed by atoms with Gasteiger partial charge in [0, 0.05) is 29.7 Å². The van der Waals surface area contributed by atoms with E-state index in [-0.39, 0.29) is 5.91 Å². The van der Waals surface area contributed by atoms with E-state index in [9.17, 15) is 4.79 Å². The van der Waals surface area contributed by atoms with E-state index in [1.165, 1.54) is 0 Å². The molecule has 0 unspecified atom stereocenters. The fourth-order valence-electron chi connectivity index (χ4n) is 2.80. The van der Waals surface area contributed by atoms with Crippen LogP contribution >= 0.6 is 0 Å². The van der Waals surface area contributed by atoms with Crippen molar-refractivity contribution < 1.29 is 4.79 Å². The molecule has 0 radical (unpaired) electrons. The lowest BCUT2D eigenvalue weighted by Gasteiger charge is -2.16. The van der Waals surface area contributed by atoms with E-state index >= 15 is 0 Å². The van der Waals surface area contributed by atoms with Gasteiger partial charge in [0.1, 0.15) is 5.69 Å². The van der Waals surface area contributed by atoms with Crippen LogP contribution in [0, 0.1) is 0 Å². The molecule has 0 aliphatic heterocycles. The van der Waals surface area contributed by atoms with Gasteiger partial charge in [-0.3, -0.25) is 9.78 Å². The molecule has 4 aromatic rings. The number of hydrogen-bond donors (Lipinski definition) is 1. The highest BCUT2D eigenvalue weighted by Crippen LogP contribution is 2.25. The highest BCUT2D eigenvalue weighted by molar-refractivity contribution is 6.11. The highest BCUT2D eigenvalue weighted by atomic mass is 16.2. The standard InChI is InChI=1S/C19H15N3O/c1-22(15-7-3-2-4-8-15)19(23)16-12-14-10-9-13-6-5-11-20-17(13)18(14)21-16/h2-12,21H,1H3. The van der Waals surface area contributed by atoms with E-state index in [1.54, 1.807) is 18.1 Å². The molecule has 112 valence electrons. The summed E-state index contributed by atoms with van der Waals surface area (Å²) in [5.41, 5.74) is 3.20. The molecule has 0 aliphatic rings. The van der Waals surface area contributed by atoms with Gasteiger partial charge in [-0.2, -0.15) is 0 Å². The Morgan fingerprint density at radius 2 is 1.78 bits per heavy atom. The van der Waals surface area contributed by atoms with Crippen molar-refractivity contribution in [1.29, 1.82) is 0 Å². The molecule has 2 aromatic carbocycles. The van der Waals surface area contributed by atoms with E-state index in [1.807, 2.05) is 60.7 Å². The number of anilines is 1. The zero-order chi connectivity index (χ0) is 15.8. The number of carbonyl (C=O) groups excluding carboxylic acids is 1. The van der Waals surface area contributed by atoms with Gasteiger partial charge in [0.25, 0.3) is 5.91 Å². The van der Waals surface area contributed by atoms with E-state index in [2.05, 4.69) is 9.97 Å². The number of nitrogens with one attached hydrogen (secondary N) is 1. The molecule has 0 saturated heterocycles. The first-order valence-corrected chi connectivity index (χ1v) is 7.43. The second kappa shape index (κ2) is 5.25. The van der Waals surface area contributed by atoms with Crippen LogP contribution in [0.3, 0.4) is 0 Å². The first-order valence-electron chi connectivity index (χ1n) is 7.43. The number of aromatic nitrogens is 2. The zero-order valence-corrected chi connectivity index (χ0v) is 12.7. The number of pyridine rings is 1. The second-order valence-corrected chi connectivity index (χ2v) is 5.49. The molecule has 23 heavy (non-hydrogen) atoms. The Morgan fingerprint density at radius 1 is 1.00 bits per heavy atom. The van der Waals surface area contributed by atoms with Gasteiger partial charge in [-0.15, -0.1) is 0 Å². The van der Waals surface area contributed by atoms with Crippen LogP contribution in [0.15, 0.2) is 66.9 Å². The SMILES string of the molecule is CN(C(=O)c1cc2ccc3cccnc3c2[nH]1)c1ccccc1. The van der Waals surface area contributed by atoms with Gasteiger partial charge in [-0.05, 0) is 24.3 Å². The monoisotopic (exact) mass is 301 g/mol. The predicted molar refractivity (Wildman–Crippen MR) is 92.8 cm³/mol. The first-order chi connectivity index (χ1) is 11.2. The molecular weight excluding hydrogens is 286 g/mol. The number of nitrogens with zero attached hydrogens (tertiary/aromatic N) is 2. The van der Waals surface area contributed by atoms with Gasteiger partial charge < -0.3 is 9.88 Å². The van der Waals surface area contributed by atoms with Crippen molar-refractivity contribution in [2.45, 2.75) is 0 Å². The van der Waals surface area contributed by atoms with Crippen molar-refractivity contribution in [2.24, 2.45) is 0 Å². The zero-order valence-electron chi connectivity index (χ0n) is 12.7. The topological polar surface area (TPSA) is 49.0 Å². The molecule has 4 heteroatoms. The van der Waals surface area contributed by atoms with Gasteiger partial charge in [0.2, 0.25) is 0 Å². The van der Waals surface area contributed by atoms with Crippen molar-refractivity contribution in [1.82, 2.24) is 9.97 Å². The predicted octanol–water partition coefficient (Wildman–Crippen LogP) is 3.99. The number of para-hydroxylation sites is 1. The summed E-state index contributed by atoms with van der Waals surface area (Å²) in [6.45, 7) is 0. The van der Waals surface area contributed by atoms with Crippen molar-refractivity contribution in [3.63, 3.8) is 0 Å². The molecule has 0 atom stereocenters. The molecule has 0 bridgehead atoms. The number of carbonyl (C=O) groups is 1. The van der Waals surface area contributed by atoms with Gasteiger partial charge in [0.15, 0.2) is 0 Å². The maximum absolute atomic E-state index is 12.7. The van der Waals surface area contributed by atoms with E-state index in [4.69, 9.17) is 0 Å². The van der Waals surface area contributed by atoms with Crippen LogP contribution in [0.2, 0.25) is 0 Å². The molecule has 0 aliphatic carbocycles. The summed E-state index contributed by atoms with van der Waals surface area (Å²) in [5, 5.41) is 2.04. The lowest BCUT2D eigenvalue weighted by atomic mass is 10.1. The number of aromatic amines is 1. The third-order valence-corrected chi connectivity index (χ3v) is 4.04. The number of amides is 1. The summed E-state index contributed by atoms with van der Waals surface area (Å²) in [5.74, 6) is -0.0727. The van der Waals surface area contributed by atoms with Crippen molar-refractivity contribution in [2.75, 3.05) is 11.9 Å². The third-order valence-electron chi connectivity index (χ3n) is 4.04. The fourth-order valence-corrected chi connectivity index (χ4v) is 2.80. The van der Waals surface area contributed by atoms with Crippen LogP contribution in [0.5, 0.6) is 0 Å². The fraction of sp³-hybridized carbons (Fsp3) is 0.0526. The van der Waals surface area contributed by atoms with Gasteiger partial charge in [0.05, 0.1) is 11.0 Å². The Bertz CT molecular complexity index is 1000. The smallest absolute Gasteiger partial charge is 0.274 e. The number of fused-ring (bicyclic) bond motifs is 3. The Balaban J connectivity index is 1.80.